The molecule has 102 valence electrons. The lowest BCUT2D eigenvalue weighted by atomic mass is 10.2. The van der Waals surface area contributed by atoms with E-state index in [-0.39, 0.29) is 5.69 Å². The van der Waals surface area contributed by atoms with E-state index in [4.69, 9.17) is 5.73 Å². The molecule has 1 heterocycles. The Labute approximate surface area is 122 Å². The molecule has 2 rings (SSSR count). The maximum absolute atomic E-state index is 12.0. The molecule has 1 amide bonds. The minimum absolute atomic E-state index is 0.112. The number of benzene rings is 1. The molecule has 0 bridgehead atoms. The summed E-state index contributed by atoms with van der Waals surface area (Å²) in [6, 6.07) is 7.12. The fraction of sp³-hybridized carbons (Fsp3) is 0. The second-order valence-electron chi connectivity index (χ2n) is 3.85. The summed E-state index contributed by atoms with van der Waals surface area (Å²) in [6.45, 7) is 0. The molecule has 0 aliphatic rings. The van der Waals surface area contributed by atoms with Crippen molar-refractivity contribution >= 4 is 39.0 Å². The van der Waals surface area contributed by atoms with Gasteiger partial charge in [-0.15, -0.1) is 0 Å². The average molecular weight is 337 g/mol. The minimum atomic E-state index is -0.535. The van der Waals surface area contributed by atoms with Crippen molar-refractivity contribution in [2.24, 2.45) is 0 Å². The third-order valence-electron chi connectivity index (χ3n) is 2.46. The number of hydrogen-bond acceptors (Lipinski definition) is 5. The topological polar surface area (TPSA) is 111 Å². The van der Waals surface area contributed by atoms with Crippen molar-refractivity contribution < 1.29 is 9.72 Å². The summed E-state index contributed by atoms with van der Waals surface area (Å²) in [5, 5.41) is 13.3. The summed E-state index contributed by atoms with van der Waals surface area (Å²) in [7, 11) is 0. The standard InChI is InChI=1S/C12H9BrN4O3/c13-9-3-2-8(17(19)20)5-10(9)16-12(18)7-1-4-11(14)15-6-7/h1-6H,(H2,14,15)(H,16,18). The SMILES string of the molecule is Nc1ccc(C(=O)Nc2cc([N+](=O)[O-])ccc2Br)cn1. The monoisotopic (exact) mass is 336 g/mol. The molecular weight excluding hydrogens is 328 g/mol. The van der Waals surface area contributed by atoms with Crippen LogP contribution < -0.4 is 11.1 Å². The Morgan fingerprint density at radius 1 is 1.35 bits per heavy atom. The van der Waals surface area contributed by atoms with Crippen LogP contribution >= 0.6 is 15.9 Å². The number of carbonyl (C=O) groups excluding carboxylic acids is 1. The molecule has 0 spiro atoms. The highest BCUT2D eigenvalue weighted by Gasteiger charge is 2.13. The molecule has 0 saturated carbocycles. The smallest absolute Gasteiger partial charge is 0.271 e. The average Bonchev–Trinajstić information content (AvgIpc) is 2.41. The highest BCUT2D eigenvalue weighted by atomic mass is 79.9. The van der Waals surface area contributed by atoms with Gasteiger partial charge in [0, 0.05) is 22.8 Å². The van der Waals surface area contributed by atoms with Crippen molar-refractivity contribution in [3.63, 3.8) is 0 Å². The number of nitrogens with zero attached hydrogens (tertiary/aromatic N) is 2. The largest absolute Gasteiger partial charge is 0.384 e. The number of nitro benzene ring substituents is 1. The van der Waals surface area contributed by atoms with Crippen molar-refractivity contribution in [1.29, 1.82) is 0 Å². The second kappa shape index (κ2) is 5.66. The van der Waals surface area contributed by atoms with E-state index in [9.17, 15) is 14.9 Å². The molecule has 0 aliphatic carbocycles. The molecule has 0 atom stereocenters. The van der Waals surface area contributed by atoms with E-state index in [0.717, 1.165) is 0 Å². The van der Waals surface area contributed by atoms with Gasteiger partial charge in [0.2, 0.25) is 0 Å². The van der Waals surface area contributed by atoms with Gasteiger partial charge in [0.05, 0.1) is 16.2 Å². The van der Waals surface area contributed by atoms with Crippen LogP contribution in [0.2, 0.25) is 0 Å². The lowest BCUT2D eigenvalue weighted by Gasteiger charge is -2.07. The van der Waals surface area contributed by atoms with E-state index in [2.05, 4.69) is 26.2 Å². The molecule has 1 aromatic heterocycles. The van der Waals surface area contributed by atoms with Gasteiger partial charge in [-0.1, -0.05) is 0 Å². The highest BCUT2D eigenvalue weighted by Crippen LogP contribution is 2.27. The molecule has 0 fully saturated rings. The third kappa shape index (κ3) is 3.09. The first-order chi connectivity index (χ1) is 9.47. The van der Waals surface area contributed by atoms with Gasteiger partial charge in [-0.2, -0.15) is 0 Å². The van der Waals surface area contributed by atoms with Gasteiger partial charge in [0.15, 0.2) is 0 Å². The van der Waals surface area contributed by atoms with Crippen LogP contribution in [0.5, 0.6) is 0 Å². The van der Waals surface area contributed by atoms with Gasteiger partial charge in [-0.05, 0) is 34.1 Å². The summed E-state index contributed by atoms with van der Waals surface area (Å²) >= 11 is 3.22. The van der Waals surface area contributed by atoms with Crippen molar-refractivity contribution in [2.75, 3.05) is 11.1 Å². The van der Waals surface area contributed by atoms with Crippen LogP contribution in [-0.2, 0) is 0 Å². The summed E-state index contributed by atoms with van der Waals surface area (Å²) in [5.74, 6) is -0.128. The van der Waals surface area contributed by atoms with E-state index >= 15 is 0 Å². The predicted molar refractivity (Wildman–Crippen MR) is 77.4 cm³/mol. The van der Waals surface area contributed by atoms with Gasteiger partial charge in [0.25, 0.3) is 11.6 Å². The lowest BCUT2D eigenvalue weighted by molar-refractivity contribution is -0.384. The minimum Gasteiger partial charge on any atom is -0.384 e. The Bertz CT molecular complexity index is 673. The number of nitrogen functional groups attached to an aromatic ring is 1. The molecule has 7 nitrogen and oxygen atoms in total. The van der Waals surface area contributed by atoms with Crippen molar-refractivity contribution in [3.8, 4) is 0 Å². The first-order valence-corrected chi connectivity index (χ1v) is 6.23. The molecule has 0 unspecified atom stereocenters. The quantitative estimate of drug-likeness (QED) is 0.660. The van der Waals surface area contributed by atoms with Crippen LogP contribution in [0.4, 0.5) is 17.2 Å². The lowest BCUT2D eigenvalue weighted by Crippen LogP contribution is -2.13. The Kier molecular flexibility index (Phi) is 3.94. The Hall–Kier alpha value is -2.48. The van der Waals surface area contributed by atoms with E-state index in [1.807, 2.05) is 0 Å². The number of amides is 1. The number of rotatable bonds is 3. The molecule has 8 heteroatoms. The van der Waals surface area contributed by atoms with Gasteiger partial charge in [0.1, 0.15) is 5.82 Å². The molecule has 0 radical (unpaired) electrons. The first kappa shape index (κ1) is 13.9. The predicted octanol–water partition coefficient (Wildman–Crippen LogP) is 2.59. The third-order valence-corrected chi connectivity index (χ3v) is 3.15. The molecule has 20 heavy (non-hydrogen) atoms. The summed E-state index contributed by atoms with van der Waals surface area (Å²) in [6.07, 6.45) is 1.33. The zero-order valence-corrected chi connectivity index (χ0v) is 11.6. The molecule has 0 saturated heterocycles. The van der Waals surface area contributed by atoms with Gasteiger partial charge < -0.3 is 11.1 Å². The maximum Gasteiger partial charge on any atom is 0.271 e. The number of nitrogens with two attached hydrogens (primary N) is 1. The second-order valence-corrected chi connectivity index (χ2v) is 4.70. The van der Waals surface area contributed by atoms with Crippen molar-refractivity contribution in [3.05, 3.63) is 56.7 Å². The number of hydrogen-bond donors (Lipinski definition) is 2. The normalized spacial score (nSPS) is 10.1. The van der Waals surface area contributed by atoms with Crippen LogP contribution in [0.1, 0.15) is 10.4 Å². The van der Waals surface area contributed by atoms with Crippen LogP contribution in [0.25, 0.3) is 0 Å². The first-order valence-electron chi connectivity index (χ1n) is 5.44. The number of nitrogens with one attached hydrogen (secondary N) is 1. The Balaban J connectivity index is 2.25. The van der Waals surface area contributed by atoms with Crippen molar-refractivity contribution in [1.82, 2.24) is 4.98 Å². The van der Waals surface area contributed by atoms with Crippen LogP contribution in [0.15, 0.2) is 41.0 Å². The molecule has 1 aromatic carbocycles. The zero-order valence-electron chi connectivity index (χ0n) is 10.0. The fourth-order valence-electron chi connectivity index (χ4n) is 1.46. The summed E-state index contributed by atoms with van der Waals surface area (Å²) < 4.78 is 0.542. The number of anilines is 2. The van der Waals surface area contributed by atoms with Crippen LogP contribution in [0, 0.1) is 10.1 Å². The fourth-order valence-corrected chi connectivity index (χ4v) is 1.80. The van der Waals surface area contributed by atoms with Crippen LogP contribution in [-0.4, -0.2) is 15.8 Å². The van der Waals surface area contributed by atoms with E-state index in [0.29, 0.717) is 21.5 Å². The summed E-state index contributed by atoms with van der Waals surface area (Å²) in [4.78, 5) is 26.0. The number of aromatic nitrogens is 1. The number of carbonyl (C=O) groups is 1. The van der Waals surface area contributed by atoms with Gasteiger partial charge in [-0.3, -0.25) is 14.9 Å². The molecule has 2 aromatic rings. The number of non-ortho nitro benzene ring substituents is 1. The van der Waals surface area contributed by atoms with Gasteiger partial charge >= 0.3 is 0 Å². The number of nitro groups is 1. The maximum atomic E-state index is 12.0. The van der Waals surface area contributed by atoms with E-state index in [1.165, 1.54) is 36.5 Å². The van der Waals surface area contributed by atoms with Gasteiger partial charge in [-0.25, -0.2) is 4.98 Å². The summed E-state index contributed by atoms with van der Waals surface area (Å²) in [5.41, 5.74) is 5.93. The number of pyridine rings is 1. The highest BCUT2D eigenvalue weighted by molar-refractivity contribution is 9.10. The molecule has 3 N–H and O–H groups in total. The molecule has 0 aliphatic heterocycles. The molecular formula is C12H9BrN4O3. The Morgan fingerprint density at radius 2 is 2.10 bits per heavy atom. The number of halogens is 1. The Morgan fingerprint density at radius 3 is 2.70 bits per heavy atom. The van der Waals surface area contributed by atoms with E-state index < -0.39 is 10.8 Å². The zero-order chi connectivity index (χ0) is 14.7. The van der Waals surface area contributed by atoms with E-state index in [1.54, 1.807) is 0 Å². The van der Waals surface area contributed by atoms with Crippen molar-refractivity contribution in [2.45, 2.75) is 0 Å². The van der Waals surface area contributed by atoms with Crippen LogP contribution in [0.3, 0.4) is 0 Å².